The van der Waals surface area contributed by atoms with Crippen LogP contribution in [0.2, 0.25) is 5.02 Å². The zero-order chi connectivity index (χ0) is 26.6. The Morgan fingerprint density at radius 1 is 1.24 bits per heavy atom. The maximum absolute atomic E-state index is 13.1. The van der Waals surface area contributed by atoms with Crippen LogP contribution in [0, 0.1) is 13.8 Å². The Kier molecular flexibility index (Phi) is 11.4. The average molecular weight is 529 g/mol. The number of aryl methyl sites for hydroxylation is 2. The van der Waals surface area contributed by atoms with E-state index < -0.39 is 5.97 Å². The summed E-state index contributed by atoms with van der Waals surface area (Å²) in [5.74, 6) is -0.505. The maximum Gasteiger partial charge on any atom is 0.338 e. The van der Waals surface area contributed by atoms with E-state index in [0.29, 0.717) is 41.3 Å². The Morgan fingerprint density at radius 2 is 2.03 bits per heavy atom. The highest BCUT2D eigenvalue weighted by Gasteiger charge is 2.22. The van der Waals surface area contributed by atoms with Crippen LogP contribution in [0.1, 0.15) is 59.2 Å². The van der Waals surface area contributed by atoms with Crippen molar-refractivity contribution in [3.05, 3.63) is 70.3 Å². The zero-order valence-corrected chi connectivity index (χ0v) is 22.6. The van der Waals surface area contributed by atoms with Gasteiger partial charge in [0.2, 0.25) is 0 Å². The lowest BCUT2D eigenvalue weighted by Gasteiger charge is -2.26. The minimum absolute atomic E-state index is 0.0781. The number of halogens is 1. The van der Waals surface area contributed by atoms with Gasteiger partial charge in [0.25, 0.3) is 5.91 Å². The molecular formula is C29H37ClN2O5. The quantitative estimate of drug-likeness (QED) is 0.276. The third kappa shape index (κ3) is 8.58. The molecule has 0 bridgehead atoms. The van der Waals surface area contributed by atoms with Gasteiger partial charge in [-0.2, -0.15) is 0 Å². The number of piperidine rings is 1. The highest BCUT2D eigenvalue weighted by molar-refractivity contribution is 6.33. The van der Waals surface area contributed by atoms with Crippen LogP contribution in [0.5, 0.6) is 0 Å². The number of amides is 1. The van der Waals surface area contributed by atoms with E-state index in [1.165, 1.54) is 0 Å². The van der Waals surface area contributed by atoms with Crippen molar-refractivity contribution in [1.29, 1.82) is 0 Å². The number of rotatable bonds is 6. The van der Waals surface area contributed by atoms with Crippen molar-refractivity contribution in [3.63, 3.8) is 0 Å². The number of benzene rings is 1. The van der Waals surface area contributed by atoms with E-state index in [9.17, 15) is 9.59 Å². The van der Waals surface area contributed by atoms with Crippen molar-refractivity contribution < 1.29 is 23.9 Å². The summed E-state index contributed by atoms with van der Waals surface area (Å²) >= 11 is 6.70. The molecule has 1 aromatic rings. The molecule has 1 unspecified atom stereocenters. The van der Waals surface area contributed by atoms with Crippen molar-refractivity contribution in [3.8, 4) is 0 Å². The topological polar surface area (TPSA) is 77.4 Å². The van der Waals surface area contributed by atoms with E-state index in [0.717, 1.165) is 43.5 Å². The molecule has 2 aliphatic rings. The van der Waals surface area contributed by atoms with E-state index >= 15 is 0 Å². The molecule has 1 fully saturated rings. The highest BCUT2D eigenvalue weighted by Crippen LogP contribution is 2.29. The lowest BCUT2D eigenvalue weighted by molar-refractivity contribution is -0.137. The summed E-state index contributed by atoms with van der Waals surface area (Å²) in [6, 6.07) is 1.88. The number of esters is 1. The van der Waals surface area contributed by atoms with Gasteiger partial charge in [-0.1, -0.05) is 47.1 Å². The molecule has 0 saturated carbocycles. The Balaban J connectivity index is 1.90. The number of nitrogens with zero attached hydrogens (tertiary/aromatic N) is 2. The van der Waals surface area contributed by atoms with Gasteiger partial charge in [-0.05, 0) is 68.7 Å². The molecular weight excluding hydrogens is 492 g/mol. The summed E-state index contributed by atoms with van der Waals surface area (Å²) in [6.07, 6.45) is 13.8. The van der Waals surface area contributed by atoms with Crippen LogP contribution in [0.4, 0.5) is 0 Å². The van der Waals surface area contributed by atoms with Crippen molar-refractivity contribution in [2.45, 2.75) is 58.5 Å². The fourth-order valence-electron chi connectivity index (χ4n) is 4.48. The number of allylic oxidation sites excluding steroid dienone is 1. The Hall–Kier alpha value is -2.90. The second kappa shape index (κ2) is 14.7. The molecule has 0 N–H and O–H groups in total. The standard InChI is InChI=1S/C29H37ClN2O5/c1-4-16-35-24-12-6-9-17-36-29(34)27-21(2)18-22(3)28(30)25(27)19-23(11-10-13-24)31-37-20-26(33)32-14-7-5-8-15-32/h4,6,10-12,18,24H,1,5,7-9,13-17,19-20H2,2-3H3/b11-10+,12-6+,31-23-. The molecule has 0 aliphatic carbocycles. The molecule has 37 heavy (non-hydrogen) atoms. The average Bonchev–Trinajstić information content (AvgIpc) is 2.89. The summed E-state index contributed by atoms with van der Waals surface area (Å²) in [7, 11) is 0. The minimum Gasteiger partial charge on any atom is -0.462 e. The molecule has 0 radical (unpaired) electrons. The van der Waals surface area contributed by atoms with Crippen molar-refractivity contribution in [2.75, 3.05) is 32.9 Å². The van der Waals surface area contributed by atoms with Gasteiger partial charge in [0.15, 0.2) is 6.61 Å². The Morgan fingerprint density at radius 3 is 2.78 bits per heavy atom. The van der Waals surface area contributed by atoms with Gasteiger partial charge in [0.05, 0.1) is 30.6 Å². The van der Waals surface area contributed by atoms with Gasteiger partial charge in [0.1, 0.15) is 0 Å². The lowest BCUT2D eigenvalue weighted by Crippen LogP contribution is -2.37. The first-order valence-corrected chi connectivity index (χ1v) is 13.3. The fourth-order valence-corrected chi connectivity index (χ4v) is 4.69. The number of fused-ring (bicyclic) bond motifs is 1. The van der Waals surface area contributed by atoms with Crippen molar-refractivity contribution in [1.82, 2.24) is 4.90 Å². The monoisotopic (exact) mass is 528 g/mol. The number of oxime groups is 1. The normalized spacial score (nSPS) is 21.9. The molecule has 0 spiro atoms. The van der Waals surface area contributed by atoms with E-state index in [2.05, 4.69) is 11.7 Å². The van der Waals surface area contributed by atoms with Crippen LogP contribution in [0.15, 0.2) is 48.2 Å². The van der Waals surface area contributed by atoms with Gasteiger partial charge in [-0.3, -0.25) is 4.79 Å². The molecule has 7 nitrogen and oxygen atoms in total. The largest absolute Gasteiger partial charge is 0.462 e. The second-order valence-electron chi connectivity index (χ2n) is 9.30. The first-order valence-electron chi connectivity index (χ1n) is 12.9. The summed E-state index contributed by atoms with van der Waals surface area (Å²) in [6.45, 7) is 9.51. The minimum atomic E-state index is -0.427. The van der Waals surface area contributed by atoms with E-state index in [4.69, 9.17) is 25.9 Å². The van der Waals surface area contributed by atoms with Gasteiger partial charge in [-0.25, -0.2) is 4.79 Å². The summed E-state index contributed by atoms with van der Waals surface area (Å²) < 4.78 is 11.4. The molecule has 200 valence electrons. The second-order valence-corrected chi connectivity index (χ2v) is 9.68. The van der Waals surface area contributed by atoms with E-state index in [1.807, 2.05) is 49.1 Å². The molecule has 1 amide bonds. The number of likely N-dealkylation sites (tertiary alicyclic amines) is 1. The van der Waals surface area contributed by atoms with Crippen LogP contribution in [0.25, 0.3) is 0 Å². The predicted molar refractivity (Wildman–Crippen MR) is 146 cm³/mol. The fraction of sp³-hybridized carbons (Fsp3) is 0.483. The van der Waals surface area contributed by atoms with Gasteiger partial charge >= 0.3 is 5.97 Å². The number of hydrogen-bond acceptors (Lipinski definition) is 6. The van der Waals surface area contributed by atoms with Crippen molar-refractivity contribution >= 4 is 29.2 Å². The van der Waals surface area contributed by atoms with Crippen LogP contribution in [-0.4, -0.2) is 61.5 Å². The molecule has 1 aromatic carbocycles. The SMILES string of the molecule is C=CCOC1/C=C/CCOC(=O)c2c(C)cc(C)c(Cl)c2CC(=N\OCC(=O)N2CCCCC2)/C=C/C1. The summed E-state index contributed by atoms with van der Waals surface area (Å²) in [5.41, 5.74) is 3.25. The predicted octanol–water partition coefficient (Wildman–Crippen LogP) is 5.52. The maximum atomic E-state index is 13.1. The third-order valence-electron chi connectivity index (χ3n) is 6.36. The number of hydrogen-bond donors (Lipinski definition) is 0. The molecule has 2 heterocycles. The highest BCUT2D eigenvalue weighted by atomic mass is 35.5. The number of carbonyl (C=O) groups excluding carboxylic acids is 2. The smallest absolute Gasteiger partial charge is 0.338 e. The third-order valence-corrected chi connectivity index (χ3v) is 6.88. The number of cyclic esters (lactones) is 1. The molecule has 3 rings (SSSR count). The van der Waals surface area contributed by atoms with Gasteiger partial charge in [0, 0.05) is 24.5 Å². The first kappa shape index (κ1) is 28.7. The number of ether oxygens (including phenoxy) is 2. The van der Waals surface area contributed by atoms with E-state index in [-0.39, 0.29) is 31.6 Å². The van der Waals surface area contributed by atoms with Crippen molar-refractivity contribution in [2.24, 2.45) is 5.16 Å². The Bertz CT molecular complexity index is 1060. The Labute approximate surface area is 224 Å². The van der Waals surface area contributed by atoms with Crippen LogP contribution in [0.3, 0.4) is 0 Å². The van der Waals surface area contributed by atoms with Crippen LogP contribution < -0.4 is 0 Å². The van der Waals surface area contributed by atoms with Gasteiger partial charge in [-0.15, -0.1) is 6.58 Å². The van der Waals surface area contributed by atoms with Gasteiger partial charge < -0.3 is 19.2 Å². The van der Waals surface area contributed by atoms with E-state index in [1.54, 1.807) is 6.08 Å². The summed E-state index contributed by atoms with van der Waals surface area (Å²) in [5, 5.41) is 4.78. The molecule has 0 aromatic heterocycles. The molecule has 1 atom stereocenters. The lowest BCUT2D eigenvalue weighted by atomic mass is 9.94. The first-order chi connectivity index (χ1) is 17.9. The molecule has 2 aliphatic heterocycles. The van der Waals surface area contributed by atoms with Crippen LogP contribution in [-0.2, 0) is 25.5 Å². The van der Waals surface area contributed by atoms with Crippen LogP contribution >= 0.6 is 11.6 Å². The molecule has 8 heteroatoms. The zero-order valence-electron chi connectivity index (χ0n) is 21.8. The summed E-state index contributed by atoms with van der Waals surface area (Å²) in [4.78, 5) is 32.9. The number of carbonyl (C=O) groups is 2. The molecule has 1 saturated heterocycles.